The van der Waals surface area contributed by atoms with Crippen molar-refractivity contribution in [2.45, 2.75) is 26.1 Å². The first-order valence-electron chi connectivity index (χ1n) is 4.11. The lowest BCUT2D eigenvalue weighted by Crippen LogP contribution is -2.16. The molecule has 0 amide bonds. The minimum atomic E-state index is -1.09. The van der Waals surface area contributed by atoms with Crippen LogP contribution in [0, 0.1) is 0 Å². The molecule has 0 saturated carbocycles. The molecule has 0 atom stereocenters. The van der Waals surface area contributed by atoms with Gasteiger partial charge in [-0.15, -0.1) is 0 Å². The maximum absolute atomic E-state index is 9.65. The monoisotopic (exact) mass is 182 g/mol. The van der Waals surface area contributed by atoms with Crippen molar-refractivity contribution >= 4 is 0 Å². The van der Waals surface area contributed by atoms with E-state index in [2.05, 4.69) is 0 Å². The molecule has 0 aromatic heterocycles. The Kier molecular flexibility index (Phi) is 2.59. The van der Waals surface area contributed by atoms with Gasteiger partial charge >= 0.3 is 0 Å². The van der Waals surface area contributed by atoms with Crippen LogP contribution < -0.4 is 0 Å². The van der Waals surface area contributed by atoms with Crippen molar-refractivity contribution < 1.29 is 15.3 Å². The van der Waals surface area contributed by atoms with Crippen LogP contribution >= 0.6 is 0 Å². The Bertz CT molecular complexity index is 300. The zero-order valence-electron chi connectivity index (χ0n) is 7.78. The smallest absolute Gasteiger partial charge is 0.127 e. The van der Waals surface area contributed by atoms with Gasteiger partial charge < -0.3 is 15.3 Å². The summed E-state index contributed by atoms with van der Waals surface area (Å²) in [6.07, 6.45) is 0. The fourth-order valence-electron chi connectivity index (χ4n) is 1.21. The Morgan fingerprint density at radius 2 is 1.92 bits per heavy atom. The Balaban J connectivity index is 3.24. The van der Waals surface area contributed by atoms with E-state index in [9.17, 15) is 10.2 Å². The lowest BCUT2D eigenvalue weighted by atomic mass is 9.95. The molecular formula is C10H14O3. The Labute approximate surface area is 77.3 Å². The normalized spacial score (nSPS) is 11.7. The van der Waals surface area contributed by atoms with Crippen LogP contribution in [-0.4, -0.2) is 15.3 Å². The average molecular weight is 182 g/mol. The predicted molar refractivity (Wildman–Crippen MR) is 49.3 cm³/mol. The second-order valence-electron chi connectivity index (χ2n) is 3.53. The molecule has 1 aromatic carbocycles. The molecule has 3 N–H and O–H groups in total. The largest absolute Gasteiger partial charge is 0.507 e. The molecule has 0 heterocycles. The topological polar surface area (TPSA) is 60.7 Å². The third-order valence-electron chi connectivity index (χ3n) is 1.95. The molecule has 0 saturated heterocycles. The van der Waals surface area contributed by atoms with Crippen molar-refractivity contribution in [1.82, 2.24) is 0 Å². The van der Waals surface area contributed by atoms with Gasteiger partial charge in [-0.05, 0) is 13.8 Å². The van der Waals surface area contributed by atoms with Gasteiger partial charge in [-0.25, -0.2) is 0 Å². The second-order valence-corrected chi connectivity index (χ2v) is 3.53. The zero-order valence-corrected chi connectivity index (χ0v) is 7.78. The number of para-hydroxylation sites is 1. The number of phenols is 1. The van der Waals surface area contributed by atoms with E-state index >= 15 is 0 Å². The highest BCUT2D eigenvalue weighted by Crippen LogP contribution is 2.31. The second kappa shape index (κ2) is 3.36. The van der Waals surface area contributed by atoms with Crippen LogP contribution in [0.1, 0.15) is 25.0 Å². The van der Waals surface area contributed by atoms with Crippen LogP contribution in [0.15, 0.2) is 18.2 Å². The zero-order chi connectivity index (χ0) is 10.1. The van der Waals surface area contributed by atoms with Crippen molar-refractivity contribution in [3.05, 3.63) is 29.3 Å². The summed E-state index contributed by atoms with van der Waals surface area (Å²) in [5.41, 5.74) is -0.228. The summed E-state index contributed by atoms with van der Waals surface area (Å²) in [7, 11) is 0. The average Bonchev–Trinajstić information content (AvgIpc) is 2.02. The van der Waals surface area contributed by atoms with Gasteiger partial charge in [0, 0.05) is 11.1 Å². The number of hydrogen-bond acceptors (Lipinski definition) is 3. The molecular weight excluding hydrogens is 168 g/mol. The molecule has 0 aliphatic rings. The molecule has 0 fully saturated rings. The highest BCUT2D eigenvalue weighted by molar-refractivity contribution is 5.42. The Morgan fingerprint density at radius 3 is 2.38 bits per heavy atom. The van der Waals surface area contributed by atoms with E-state index in [0.717, 1.165) is 0 Å². The Morgan fingerprint density at radius 1 is 1.31 bits per heavy atom. The molecule has 0 aliphatic carbocycles. The van der Waals surface area contributed by atoms with Crippen molar-refractivity contribution in [2.24, 2.45) is 0 Å². The molecule has 0 spiro atoms. The number of aromatic hydroxyl groups is 1. The highest BCUT2D eigenvalue weighted by Gasteiger charge is 2.21. The summed E-state index contributed by atoms with van der Waals surface area (Å²) in [5.74, 6) is -0.0301. The maximum Gasteiger partial charge on any atom is 0.127 e. The van der Waals surface area contributed by atoms with E-state index in [-0.39, 0.29) is 12.4 Å². The molecule has 0 aliphatic heterocycles. The summed E-state index contributed by atoms with van der Waals surface area (Å²) in [5, 5.41) is 28.1. The predicted octanol–water partition coefficient (Wildman–Crippen LogP) is 1.11. The number of benzene rings is 1. The van der Waals surface area contributed by atoms with Crippen molar-refractivity contribution in [2.75, 3.05) is 0 Å². The molecule has 0 unspecified atom stereocenters. The van der Waals surface area contributed by atoms with Crippen LogP contribution in [0.4, 0.5) is 0 Å². The quantitative estimate of drug-likeness (QED) is 0.642. The molecule has 72 valence electrons. The fraction of sp³-hybridized carbons (Fsp3) is 0.400. The SMILES string of the molecule is CC(C)(O)c1cccc(CO)c1O. The van der Waals surface area contributed by atoms with Crippen LogP contribution in [0.25, 0.3) is 0 Å². The van der Waals surface area contributed by atoms with E-state index in [4.69, 9.17) is 5.11 Å². The van der Waals surface area contributed by atoms with Crippen LogP contribution in [-0.2, 0) is 12.2 Å². The molecule has 0 radical (unpaired) electrons. The van der Waals surface area contributed by atoms with Crippen LogP contribution in [0.5, 0.6) is 5.75 Å². The molecule has 13 heavy (non-hydrogen) atoms. The molecule has 3 heteroatoms. The van der Waals surface area contributed by atoms with Crippen LogP contribution in [0.3, 0.4) is 0 Å². The van der Waals surface area contributed by atoms with Crippen molar-refractivity contribution in [3.8, 4) is 5.75 Å². The molecule has 3 nitrogen and oxygen atoms in total. The number of aliphatic hydroxyl groups excluding tert-OH is 1. The summed E-state index contributed by atoms with van der Waals surface area (Å²) < 4.78 is 0. The van der Waals surface area contributed by atoms with Crippen molar-refractivity contribution in [1.29, 1.82) is 0 Å². The van der Waals surface area contributed by atoms with Crippen LogP contribution in [0.2, 0.25) is 0 Å². The van der Waals surface area contributed by atoms with Gasteiger partial charge in [-0.1, -0.05) is 18.2 Å². The highest BCUT2D eigenvalue weighted by atomic mass is 16.3. The molecule has 0 bridgehead atoms. The lowest BCUT2D eigenvalue weighted by molar-refractivity contribution is 0.0754. The van der Waals surface area contributed by atoms with Gasteiger partial charge in [0.1, 0.15) is 5.75 Å². The molecule has 1 rings (SSSR count). The van der Waals surface area contributed by atoms with E-state index in [1.807, 2.05) is 0 Å². The summed E-state index contributed by atoms with van der Waals surface area (Å²) in [4.78, 5) is 0. The number of rotatable bonds is 2. The van der Waals surface area contributed by atoms with Gasteiger partial charge in [0.2, 0.25) is 0 Å². The van der Waals surface area contributed by atoms with Gasteiger partial charge in [-0.3, -0.25) is 0 Å². The first kappa shape index (κ1) is 10.0. The lowest BCUT2D eigenvalue weighted by Gasteiger charge is -2.20. The van der Waals surface area contributed by atoms with E-state index in [1.165, 1.54) is 0 Å². The van der Waals surface area contributed by atoms with Gasteiger partial charge in [0.15, 0.2) is 0 Å². The first-order valence-corrected chi connectivity index (χ1v) is 4.11. The Hall–Kier alpha value is -1.06. The number of aliphatic hydroxyl groups is 2. The minimum absolute atomic E-state index is 0.0301. The summed E-state index contributed by atoms with van der Waals surface area (Å²) in [6.45, 7) is 2.95. The van der Waals surface area contributed by atoms with Gasteiger partial charge in [0.05, 0.1) is 12.2 Å². The summed E-state index contributed by atoms with van der Waals surface area (Å²) >= 11 is 0. The summed E-state index contributed by atoms with van der Waals surface area (Å²) in [6, 6.07) is 4.94. The first-order chi connectivity index (χ1) is 5.96. The third kappa shape index (κ3) is 1.99. The van der Waals surface area contributed by atoms with E-state index in [1.54, 1.807) is 32.0 Å². The van der Waals surface area contributed by atoms with Gasteiger partial charge in [-0.2, -0.15) is 0 Å². The standard InChI is InChI=1S/C10H14O3/c1-10(2,13)8-5-3-4-7(6-11)9(8)12/h3-5,11-13H,6H2,1-2H3. The van der Waals surface area contributed by atoms with E-state index in [0.29, 0.717) is 11.1 Å². The maximum atomic E-state index is 9.65. The number of hydrogen-bond donors (Lipinski definition) is 3. The molecule has 1 aromatic rings. The minimum Gasteiger partial charge on any atom is -0.507 e. The van der Waals surface area contributed by atoms with Crippen molar-refractivity contribution in [3.63, 3.8) is 0 Å². The third-order valence-corrected chi connectivity index (χ3v) is 1.95. The fourth-order valence-corrected chi connectivity index (χ4v) is 1.21. The van der Waals surface area contributed by atoms with E-state index < -0.39 is 5.60 Å². The van der Waals surface area contributed by atoms with Gasteiger partial charge in [0.25, 0.3) is 0 Å².